The van der Waals surface area contributed by atoms with Crippen molar-refractivity contribution in [3.63, 3.8) is 0 Å². The van der Waals surface area contributed by atoms with Crippen LogP contribution in [0.4, 0.5) is 5.69 Å². The molecule has 0 aliphatic rings. The van der Waals surface area contributed by atoms with Crippen LogP contribution in [-0.4, -0.2) is 18.9 Å². The molecule has 0 bridgehead atoms. The Hall–Kier alpha value is -0.830. The van der Waals surface area contributed by atoms with Gasteiger partial charge in [0.05, 0.1) is 0 Å². The molecule has 2 nitrogen and oxygen atoms in total. The molecule has 0 saturated heterocycles. The molecule has 3 heteroatoms. The van der Waals surface area contributed by atoms with Crippen molar-refractivity contribution in [2.24, 2.45) is 11.8 Å². The van der Waals surface area contributed by atoms with Gasteiger partial charge in [-0.25, -0.2) is 0 Å². The molecule has 0 heterocycles. The Morgan fingerprint density at radius 2 is 1.68 bits per heavy atom. The molecule has 1 aromatic rings. The van der Waals surface area contributed by atoms with E-state index >= 15 is 0 Å². The van der Waals surface area contributed by atoms with Crippen molar-refractivity contribution < 1.29 is 4.79 Å². The van der Waals surface area contributed by atoms with Crippen LogP contribution >= 0.6 is 15.9 Å². The van der Waals surface area contributed by atoms with Gasteiger partial charge in [-0.1, -0.05) is 43.6 Å². The first-order chi connectivity index (χ1) is 8.81. The molecule has 0 unspecified atom stereocenters. The molecule has 0 aliphatic carbocycles. The quantitative estimate of drug-likeness (QED) is 0.702. The highest BCUT2D eigenvalue weighted by Crippen LogP contribution is 2.27. The standard InChI is InChI=1S/C16H24BrNO/c1-11(2)9-18(10-12(3)4)16-8-14(17)6-7-15(16)13(5)19/h6-8,11-12H,9-10H2,1-5H3. The number of anilines is 1. The largest absolute Gasteiger partial charge is 0.370 e. The van der Waals surface area contributed by atoms with Crippen molar-refractivity contribution in [1.29, 1.82) is 0 Å². The summed E-state index contributed by atoms with van der Waals surface area (Å²) < 4.78 is 1.02. The molecule has 0 amide bonds. The number of rotatable bonds is 6. The Kier molecular flexibility index (Phi) is 6.05. The lowest BCUT2D eigenvalue weighted by Crippen LogP contribution is -2.32. The number of halogens is 1. The highest BCUT2D eigenvalue weighted by Gasteiger charge is 2.16. The summed E-state index contributed by atoms with van der Waals surface area (Å²) >= 11 is 3.51. The van der Waals surface area contributed by atoms with Gasteiger partial charge in [-0.3, -0.25) is 4.79 Å². The average molecular weight is 326 g/mol. The third-order valence-electron chi connectivity index (χ3n) is 2.85. The van der Waals surface area contributed by atoms with Gasteiger partial charge in [0.15, 0.2) is 5.78 Å². The zero-order valence-corrected chi connectivity index (χ0v) is 14.1. The Morgan fingerprint density at radius 1 is 1.16 bits per heavy atom. The fourth-order valence-electron chi connectivity index (χ4n) is 2.22. The Bertz CT molecular complexity index is 430. The summed E-state index contributed by atoms with van der Waals surface area (Å²) in [5, 5.41) is 0. The second-order valence-electron chi connectivity index (χ2n) is 5.91. The summed E-state index contributed by atoms with van der Waals surface area (Å²) in [4.78, 5) is 14.1. The molecule has 1 aromatic carbocycles. The Balaban J connectivity index is 3.18. The summed E-state index contributed by atoms with van der Waals surface area (Å²) in [5.74, 6) is 1.26. The van der Waals surface area contributed by atoms with E-state index in [0.29, 0.717) is 11.8 Å². The lowest BCUT2D eigenvalue weighted by molar-refractivity contribution is 0.101. The van der Waals surface area contributed by atoms with Crippen LogP contribution in [0.5, 0.6) is 0 Å². The van der Waals surface area contributed by atoms with Crippen molar-refractivity contribution in [3.8, 4) is 0 Å². The van der Waals surface area contributed by atoms with Crippen LogP contribution in [0.1, 0.15) is 45.0 Å². The van der Waals surface area contributed by atoms with E-state index in [-0.39, 0.29) is 5.78 Å². The van der Waals surface area contributed by atoms with E-state index in [4.69, 9.17) is 0 Å². The number of nitrogens with zero attached hydrogens (tertiary/aromatic N) is 1. The Labute approximate surface area is 125 Å². The number of hydrogen-bond acceptors (Lipinski definition) is 2. The molecule has 0 radical (unpaired) electrons. The summed E-state index contributed by atoms with van der Waals surface area (Å²) in [6.07, 6.45) is 0. The first kappa shape index (κ1) is 16.2. The van der Waals surface area contributed by atoms with Crippen LogP contribution in [0, 0.1) is 11.8 Å². The summed E-state index contributed by atoms with van der Waals surface area (Å²) in [7, 11) is 0. The number of carbonyl (C=O) groups is 1. The summed E-state index contributed by atoms with van der Waals surface area (Å²) in [6.45, 7) is 12.4. The van der Waals surface area contributed by atoms with Crippen molar-refractivity contribution in [2.75, 3.05) is 18.0 Å². The van der Waals surface area contributed by atoms with Crippen LogP contribution in [0.3, 0.4) is 0 Å². The summed E-state index contributed by atoms with van der Waals surface area (Å²) in [5.41, 5.74) is 1.86. The third kappa shape index (κ3) is 4.98. The number of ketones is 1. The van der Waals surface area contributed by atoms with Crippen LogP contribution in [0.2, 0.25) is 0 Å². The van der Waals surface area contributed by atoms with Crippen molar-refractivity contribution >= 4 is 27.4 Å². The van der Waals surface area contributed by atoms with Gasteiger partial charge < -0.3 is 4.90 Å². The van der Waals surface area contributed by atoms with E-state index in [1.165, 1.54) is 0 Å². The van der Waals surface area contributed by atoms with Gasteiger partial charge in [-0.2, -0.15) is 0 Å². The van der Waals surface area contributed by atoms with Crippen molar-refractivity contribution in [3.05, 3.63) is 28.2 Å². The zero-order valence-electron chi connectivity index (χ0n) is 12.5. The molecular weight excluding hydrogens is 302 g/mol. The van der Waals surface area contributed by atoms with E-state index < -0.39 is 0 Å². The molecule has 0 atom stereocenters. The maximum atomic E-state index is 11.8. The first-order valence-corrected chi connectivity index (χ1v) is 7.66. The highest BCUT2D eigenvalue weighted by molar-refractivity contribution is 9.10. The fourth-order valence-corrected chi connectivity index (χ4v) is 2.57. The van der Waals surface area contributed by atoms with Crippen LogP contribution in [0.25, 0.3) is 0 Å². The summed E-state index contributed by atoms with van der Waals surface area (Å²) in [6, 6.07) is 5.90. The fraction of sp³-hybridized carbons (Fsp3) is 0.562. The van der Waals surface area contributed by atoms with E-state index in [0.717, 1.165) is 28.8 Å². The van der Waals surface area contributed by atoms with Gasteiger partial charge in [0.2, 0.25) is 0 Å². The van der Waals surface area contributed by atoms with Gasteiger partial charge in [0.25, 0.3) is 0 Å². The van der Waals surface area contributed by atoms with Gasteiger partial charge in [-0.05, 0) is 37.0 Å². The van der Waals surface area contributed by atoms with Crippen LogP contribution < -0.4 is 4.90 Å². The number of hydrogen-bond donors (Lipinski definition) is 0. The van der Waals surface area contributed by atoms with Crippen molar-refractivity contribution in [1.82, 2.24) is 0 Å². The van der Waals surface area contributed by atoms with E-state index in [9.17, 15) is 4.79 Å². The molecule has 0 aliphatic heterocycles. The molecule has 0 N–H and O–H groups in total. The van der Waals surface area contributed by atoms with Gasteiger partial charge >= 0.3 is 0 Å². The zero-order chi connectivity index (χ0) is 14.6. The third-order valence-corrected chi connectivity index (χ3v) is 3.34. The van der Waals surface area contributed by atoms with Crippen molar-refractivity contribution in [2.45, 2.75) is 34.6 Å². The molecule has 0 saturated carbocycles. The predicted molar refractivity (Wildman–Crippen MR) is 86.0 cm³/mol. The van der Waals surface area contributed by atoms with Crippen LogP contribution in [-0.2, 0) is 0 Å². The van der Waals surface area contributed by atoms with E-state index in [1.54, 1.807) is 6.92 Å². The van der Waals surface area contributed by atoms with Gasteiger partial charge in [-0.15, -0.1) is 0 Å². The topological polar surface area (TPSA) is 20.3 Å². The average Bonchev–Trinajstić information content (AvgIpc) is 2.26. The lowest BCUT2D eigenvalue weighted by Gasteiger charge is -2.30. The Morgan fingerprint density at radius 3 is 2.11 bits per heavy atom. The minimum Gasteiger partial charge on any atom is -0.370 e. The molecule has 0 aromatic heterocycles. The monoisotopic (exact) mass is 325 g/mol. The smallest absolute Gasteiger partial charge is 0.161 e. The minimum absolute atomic E-state index is 0.125. The predicted octanol–water partition coefficient (Wildman–Crippen LogP) is 4.77. The molecule has 106 valence electrons. The maximum absolute atomic E-state index is 11.8. The number of benzene rings is 1. The highest BCUT2D eigenvalue weighted by atomic mass is 79.9. The lowest BCUT2D eigenvalue weighted by atomic mass is 10.1. The molecule has 1 rings (SSSR count). The molecule has 19 heavy (non-hydrogen) atoms. The number of carbonyl (C=O) groups excluding carboxylic acids is 1. The molecule has 0 spiro atoms. The van der Waals surface area contributed by atoms with E-state index in [2.05, 4.69) is 54.6 Å². The maximum Gasteiger partial charge on any atom is 0.161 e. The second-order valence-corrected chi connectivity index (χ2v) is 6.83. The normalized spacial score (nSPS) is 11.2. The minimum atomic E-state index is 0.125. The molecular formula is C16H24BrNO. The van der Waals surface area contributed by atoms with E-state index in [1.807, 2.05) is 12.1 Å². The SMILES string of the molecule is CC(=O)c1ccc(Br)cc1N(CC(C)C)CC(C)C. The van der Waals surface area contributed by atoms with Gasteiger partial charge in [0.1, 0.15) is 0 Å². The molecule has 0 fully saturated rings. The van der Waals surface area contributed by atoms with Crippen LogP contribution in [0.15, 0.2) is 22.7 Å². The van der Waals surface area contributed by atoms with Gasteiger partial charge in [0, 0.05) is 28.8 Å². The number of Topliss-reactive ketones (excluding diaryl/α,β-unsaturated/α-hetero) is 1. The second kappa shape index (κ2) is 7.09. The first-order valence-electron chi connectivity index (χ1n) is 6.86.